The van der Waals surface area contributed by atoms with Crippen molar-refractivity contribution in [3.63, 3.8) is 0 Å². The van der Waals surface area contributed by atoms with E-state index >= 15 is 0 Å². The number of ether oxygens (including phenoxy) is 1. The number of rotatable bonds is 8. The number of hydrogen-bond donors (Lipinski definition) is 1. The molecule has 2 fully saturated rings. The number of nitrogens with zero attached hydrogens (tertiary/aromatic N) is 3. The number of carbonyl (C=O) groups excluding carboxylic acids is 1. The van der Waals surface area contributed by atoms with Gasteiger partial charge in [-0.1, -0.05) is 12.1 Å². The summed E-state index contributed by atoms with van der Waals surface area (Å²) in [5, 5.41) is 0. The van der Waals surface area contributed by atoms with E-state index in [1.54, 1.807) is 17.0 Å². The van der Waals surface area contributed by atoms with Crippen molar-refractivity contribution in [2.24, 2.45) is 5.92 Å². The second kappa shape index (κ2) is 11.2. The molecule has 35 heavy (non-hydrogen) atoms. The van der Waals surface area contributed by atoms with Crippen molar-refractivity contribution in [2.45, 2.75) is 50.2 Å². The molecule has 0 bridgehead atoms. The number of nitrogens with one attached hydrogen (secondary N) is 1. The molecule has 192 valence electrons. The Kier molecular flexibility index (Phi) is 8.20. The maximum absolute atomic E-state index is 13.6. The van der Waals surface area contributed by atoms with E-state index in [1.807, 2.05) is 6.07 Å². The lowest BCUT2D eigenvalue weighted by atomic mass is 9.82. The van der Waals surface area contributed by atoms with Crippen LogP contribution in [0.5, 0.6) is 0 Å². The molecule has 0 radical (unpaired) electrons. The van der Waals surface area contributed by atoms with Gasteiger partial charge in [0.15, 0.2) is 6.39 Å². The van der Waals surface area contributed by atoms with Crippen LogP contribution < -0.4 is 4.72 Å². The third kappa shape index (κ3) is 6.46. The number of carbonyl (C=O) groups is 1. The zero-order valence-electron chi connectivity index (χ0n) is 20.1. The van der Waals surface area contributed by atoms with Crippen LogP contribution in [-0.2, 0) is 14.9 Å². The van der Waals surface area contributed by atoms with E-state index in [2.05, 4.69) is 9.71 Å². The van der Waals surface area contributed by atoms with Crippen LogP contribution in [0.2, 0.25) is 0 Å². The van der Waals surface area contributed by atoms with E-state index < -0.39 is 10.2 Å². The van der Waals surface area contributed by atoms with Crippen LogP contribution in [0.4, 0.5) is 4.39 Å². The van der Waals surface area contributed by atoms with Gasteiger partial charge < -0.3 is 14.1 Å². The fourth-order valence-corrected chi connectivity index (χ4v) is 5.80. The van der Waals surface area contributed by atoms with Gasteiger partial charge in [-0.25, -0.2) is 9.37 Å². The van der Waals surface area contributed by atoms with Gasteiger partial charge in [-0.2, -0.15) is 17.4 Å². The minimum absolute atomic E-state index is 0.0475. The Morgan fingerprint density at radius 3 is 2.69 bits per heavy atom. The molecule has 1 N–H and O–H groups in total. The average Bonchev–Trinajstić information content (AvgIpc) is 3.38. The molecular weight excluding hydrogens is 475 g/mol. The van der Waals surface area contributed by atoms with Crippen LogP contribution in [0, 0.1) is 11.7 Å². The average molecular weight is 509 g/mol. The monoisotopic (exact) mass is 508 g/mol. The van der Waals surface area contributed by atoms with Gasteiger partial charge in [0.2, 0.25) is 5.76 Å². The van der Waals surface area contributed by atoms with Crippen molar-refractivity contribution < 1.29 is 26.8 Å². The number of likely N-dealkylation sites (tertiary alicyclic amines) is 1. The Morgan fingerprint density at radius 1 is 1.26 bits per heavy atom. The van der Waals surface area contributed by atoms with E-state index in [0.29, 0.717) is 32.0 Å². The van der Waals surface area contributed by atoms with Gasteiger partial charge in [-0.05, 0) is 55.7 Å². The highest BCUT2D eigenvalue weighted by molar-refractivity contribution is 7.87. The summed E-state index contributed by atoms with van der Waals surface area (Å²) in [4.78, 5) is 18.3. The third-order valence-corrected chi connectivity index (χ3v) is 8.55. The Morgan fingerprint density at radius 2 is 2.03 bits per heavy atom. The molecule has 1 saturated heterocycles. The lowest BCUT2D eigenvalue weighted by molar-refractivity contribution is -0.0154. The Bertz CT molecular complexity index is 1090. The van der Waals surface area contributed by atoms with E-state index in [-0.39, 0.29) is 35.5 Å². The van der Waals surface area contributed by atoms with Gasteiger partial charge in [0.1, 0.15) is 5.82 Å². The van der Waals surface area contributed by atoms with Crippen LogP contribution >= 0.6 is 0 Å². The van der Waals surface area contributed by atoms with Crippen LogP contribution in [0.15, 0.2) is 41.3 Å². The highest BCUT2D eigenvalue weighted by atomic mass is 32.2. The number of halogens is 1. The normalized spacial score (nSPS) is 25.7. The molecule has 1 aromatic carbocycles. The molecule has 2 heterocycles. The topological polar surface area (TPSA) is 105 Å². The first kappa shape index (κ1) is 25.7. The quantitative estimate of drug-likeness (QED) is 0.588. The number of amides is 1. The smallest absolute Gasteiger partial charge is 0.291 e. The van der Waals surface area contributed by atoms with Gasteiger partial charge in [0.25, 0.3) is 16.1 Å². The van der Waals surface area contributed by atoms with Gasteiger partial charge >= 0.3 is 0 Å². The SMILES string of the molecule is CN(C)S(=O)(=O)NC1CCN(C(=O)c2cnco2)CC1CO[C@H]1CC[C@@H](c2cccc(F)c2)CC1. The lowest BCUT2D eigenvalue weighted by Crippen LogP contribution is -2.55. The first-order valence-corrected chi connectivity index (χ1v) is 13.4. The number of oxazole rings is 1. The molecule has 11 heteroatoms. The molecule has 2 unspecified atom stereocenters. The predicted molar refractivity (Wildman–Crippen MR) is 127 cm³/mol. The predicted octanol–water partition coefficient (Wildman–Crippen LogP) is 2.78. The molecule has 1 aliphatic carbocycles. The molecule has 2 aromatic rings. The Balaban J connectivity index is 1.37. The van der Waals surface area contributed by atoms with Crippen LogP contribution in [0.3, 0.4) is 0 Å². The van der Waals surface area contributed by atoms with Crippen molar-refractivity contribution >= 4 is 16.1 Å². The van der Waals surface area contributed by atoms with Crippen molar-refractivity contribution in [1.29, 1.82) is 0 Å². The van der Waals surface area contributed by atoms with Crippen molar-refractivity contribution in [3.05, 3.63) is 54.0 Å². The first-order chi connectivity index (χ1) is 16.7. The first-order valence-electron chi connectivity index (χ1n) is 12.0. The highest BCUT2D eigenvalue weighted by Gasteiger charge is 2.36. The van der Waals surface area contributed by atoms with Crippen molar-refractivity contribution in [2.75, 3.05) is 33.8 Å². The lowest BCUT2D eigenvalue weighted by Gasteiger charge is -2.39. The molecule has 1 aromatic heterocycles. The third-order valence-electron chi connectivity index (χ3n) is 6.99. The molecule has 0 spiro atoms. The van der Waals surface area contributed by atoms with E-state index in [1.165, 1.54) is 32.8 Å². The van der Waals surface area contributed by atoms with Crippen LogP contribution in [0.1, 0.15) is 54.1 Å². The largest absolute Gasteiger partial charge is 0.438 e. The second-order valence-electron chi connectivity index (χ2n) is 9.54. The molecule has 9 nitrogen and oxygen atoms in total. The maximum Gasteiger partial charge on any atom is 0.291 e. The van der Waals surface area contributed by atoms with Gasteiger partial charge in [0, 0.05) is 39.1 Å². The summed E-state index contributed by atoms with van der Waals surface area (Å²) in [6.45, 7) is 1.07. The van der Waals surface area contributed by atoms with Gasteiger partial charge in [-0.15, -0.1) is 0 Å². The number of hydrogen-bond acceptors (Lipinski definition) is 6. The summed E-state index contributed by atoms with van der Waals surface area (Å²) < 4.78 is 53.9. The minimum Gasteiger partial charge on any atom is -0.438 e. The number of benzene rings is 1. The molecule has 1 aliphatic heterocycles. The summed E-state index contributed by atoms with van der Waals surface area (Å²) in [5.41, 5.74) is 1.02. The molecule has 2 atom stereocenters. The van der Waals surface area contributed by atoms with E-state index in [4.69, 9.17) is 9.15 Å². The highest BCUT2D eigenvalue weighted by Crippen LogP contribution is 2.34. The number of aromatic nitrogens is 1. The Hall–Kier alpha value is -2.34. The van der Waals surface area contributed by atoms with Crippen molar-refractivity contribution in [3.8, 4) is 0 Å². The maximum atomic E-state index is 13.6. The zero-order chi connectivity index (χ0) is 25.0. The van der Waals surface area contributed by atoms with Crippen molar-refractivity contribution in [1.82, 2.24) is 18.9 Å². The fourth-order valence-electron chi connectivity index (χ4n) is 4.90. The van der Waals surface area contributed by atoms with Crippen LogP contribution in [-0.4, -0.2) is 74.5 Å². The molecule has 1 amide bonds. The molecule has 4 rings (SSSR count). The summed E-state index contributed by atoms with van der Waals surface area (Å²) in [6.07, 6.45) is 6.62. The van der Waals surface area contributed by atoms with E-state index in [0.717, 1.165) is 35.6 Å². The van der Waals surface area contributed by atoms with E-state index in [9.17, 15) is 17.6 Å². The van der Waals surface area contributed by atoms with Crippen LogP contribution in [0.25, 0.3) is 0 Å². The fraction of sp³-hybridized carbons (Fsp3) is 0.583. The summed E-state index contributed by atoms with van der Waals surface area (Å²) in [7, 11) is -0.672. The molecule has 2 aliphatic rings. The molecular formula is C24H33FN4O5S. The Labute approximate surface area is 205 Å². The zero-order valence-corrected chi connectivity index (χ0v) is 20.9. The summed E-state index contributed by atoms with van der Waals surface area (Å²) in [6, 6.07) is 6.43. The van der Waals surface area contributed by atoms with Gasteiger partial charge in [-0.3, -0.25) is 4.79 Å². The summed E-state index contributed by atoms with van der Waals surface area (Å²) in [5.74, 6) is -0.223. The summed E-state index contributed by atoms with van der Waals surface area (Å²) >= 11 is 0. The van der Waals surface area contributed by atoms with Gasteiger partial charge in [0.05, 0.1) is 18.9 Å². The minimum atomic E-state index is -3.63. The number of piperidine rings is 1. The molecule has 1 saturated carbocycles. The second-order valence-corrected chi connectivity index (χ2v) is 11.5. The standard InChI is InChI=1S/C24H33FN4O5S/c1-28(2)35(31,32)27-22-10-11-29(24(30)23-13-26-16-34-23)14-19(22)15-33-21-8-6-17(7-9-21)18-4-3-5-20(25)12-18/h3-5,12-13,16-17,19,21-22,27H,6-11,14-15H2,1-2H3/t17-,19?,21+,22?.